The molecule has 0 radical (unpaired) electrons. The SMILES string of the molecule is CCNCc1cc(OC)ccc1OCCS(=O)(=O)C(C)C. The van der Waals surface area contributed by atoms with E-state index in [-0.39, 0.29) is 17.6 Å². The van der Waals surface area contributed by atoms with E-state index in [1.807, 2.05) is 25.1 Å². The molecule has 5 nitrogen and oxygen atoms in total. The summed E-state index contributed by atoms with van der Waals surface area (Å²) < 4.78 is 34.4. The van der Waals surface area contributed by atoms with Crippen molar-refractivity contribution in [2.24, 2.45) is 0 Å². The van der Waals surface area contributed by atoms with Gasteiger partial charge in [0.05, 0.1) is 18.1 Å². The summed E-state index contributed by atoms with van der Waals surface area (Å²) in [6.45, 7) is 7.04. The van der Waals surface area contributed by atoms with Gasteiger partial charge in [0.1, 0.15) is 18.1 Å². The van der Waals surface area contributed by atoms with Crippen LogP contribution >= 0.6 is 0 Å². The molecule has 0 bridgehead atoms. The monoisotopic (exact) mass is 315 g/mol. The van der Waals surface area contributed by atoms with Gasteiger partial charge in [0.2, 0.25) is 0 Å². The number of nitrogens with one attached hydrogen (secondary N) is 1. The van der Waals surface area contributed by atoms with Gasteiger partial charge >= 0.3 is 0 Å². The van der Waals surface area contributed by atoms with Crippen molar-refractivity contribution in [1.29, 1.82) is 0 Å². The molecule has 0 atom stereocenters. The Morgan fingerprint density at radius 1 is 1.29 bits per heavy atom. The average Bonchev–Trinajstić information content (AvgIpc) is 2.45. The van der Waals surface area contributed by atoms with E-state index in [4.69, 9.17) is 9.47 Å². The first-order chi connectivity index (χ1) is 9.90. The van der Waals surface area contributed by atoms with Gasteiger partial charge in [-0.1, -0.05) is 6.92 Å². The van der Waals surface area contributed by atoms with Gasteiger partial charge in [0.15, 0.2) is 9.84 Å². The maximum Gasteiger partial charge on any atom is 0.155 e. The van der Waals surface area contributed by atoms with Gasteiger partial charge < -0.3 is 14.8 Å². The molecule has 0 saturated heterocycles. The first-order valence-corrected chi connectivity index (χ1v) is 8.84. The van der Waals surface area contributed by atoms with Crippen LogP contribution in [0.3, 0.4) is 0 Å². The van der Waals surface area contributed by atoms with E-state index in [0.717, 1.165) is 17.9 Å². The largest absolute Gasteiger partial charge is 0.497 e. The highest BCUT2D eigenvalue weighted by Crippen LogP contribution is 2.24. The summed E-state index contributed by atoms with van der Waals surface area (Å²) in [4.78, 5) is 0. The van der Waals surface area contributed by atoms with Gasteiger partial charge in [-0.25, -0.2) is 8.42 Å². The fourth-order valence-electron chi connectivity index (χ4n) is 1.72. The Morgan fingerprint density at radius 3 is 2.57 bits per heavy atom. The van der Waals surface area contributed by atoms with Crippen molar-refractivity contribution < 1.29 is 17.9 Å². The molecular formula is C15H25NO4S. The standard InChI is InChI=1S/C15H25NO4S/c1-5-16-11-13-10-14(19-4)6-7-15(13)20-8-9-21(17,18)12(2)3/h6-7,10,12,16H,5,8-9,11H2,1-4H3. The smallest absolute Gasteiger partial charge is 0.155 e. The summed E-state index contributed by atoms with van der Waals surface area (Å²) >= 11 is 0. The fraction of sp³-hybridized carbons (Fsp3) is 0.600. The zero-order valence-corrected chi connectivity index (χ0v) is 14.0. The highest BCUT2D eigenvalue weighted by molar-refractivity contribution is 7.91. The van der Waals surface area contributed by atoms with E-state index >= 15 is 0 Å². The number of hydrogen-bond donors (Lipinski definition) is 1. The summed E-state index contributed by atoms with van der Waals surface area (Å²) in [5.41, 5.74) is 0.957. The second kappa shape index (κ2) is 8.24. The molecule has 0 spiro atoms. The third-order valence-electron chi connectivity index (χ3n) is 3.18. The first kappa shape index (κ1) is 17.8. The van der Waals surface area contributed by atoms with Gasteiger partial charge in [-0.2, -0.15) is 0 Å². The van der Waals surface area contributed by atoms with Gasteiger partial charge in [-0.3, -0.25) is 0 Å². The van der Waals surface area contributed by atoms with E-state index in [2.05, 4.69) is 5.32 Å². The summed E-state index contributed by atoms with van der Waals surface area (Å²) in [7, 11) is -1.46. The summed E-state index contributed by atoms with van der Waals surface area (Å²) in [6, 6.07) is 5.52. The second-order valence-corrected chi connectivity index (χ2v) is 7.69. The average molecular weight is 315 g/mol. The Kier molecular flexibility index (Phi) is 6.98. The number of ether oxygens (including phenoxy) is 2. The maximum atomic E-state index is 11.8. The predicted octanol–water partition coefficient (Wildman–Crippen LogP) is 2.01. The minimum absolute atomic E-state index is 0.0251. The molecule has 0 aliphatic rings. The Balaban J connectivity index is 2.73. The van der Waals surface area contributed by atoms with Gasteiger partial charge in [-0.05, 0) is 38.6 Å². The van der Waals surface area contributed by atoms with Crippen molar-refractivity contribution in [3.05, 3.63) is 23.8 Å². The predicted molar refractivity (Wildman–Crippen MR) is 84.8 cm³/mol. The van der Waals surface area contributed by atoms with E-state index in [1.165, 1.54) is 0 Å². The van der Waals surface area contributed by atoms with Crippen LogP contribution in [0.1, 0.15) is 26.3 Å². The van der Waals surface area contributed by atoms with Crippen LogP contribution in [-0.4, -0.2) is 39.7 Å². The number of benzene rings is 1. The Hall–Kier alpha value is -1.27. The molecule has 120 valence electrons. The molecule has 0 aliphatic carbocycles. The number of methoxy groups -OCH3 is 1. The van der Waals surface area contributed by atoms with E-state index in [9.17, 15) is 8.42 Å². The molecule has 0 unspecified atom stereocenters. The molecule has 0 fully saturated rings. The zero-order valence-electron chi connectivity index (χ0n) is 13.2. The Morgan fingerprint density at radius 2 is 2.00 bits per heavy atom. The normalized spacial score (nSPS) is 11.7. The van der Waals surface area contributed by atoms with Crippen molar-refractivity contribution in [1.82, 2.24) is 5.32 Å². The van der Waals surface area contributed by atoms with Crippen LogP contribution < -0.4 is 14.8 Å². The molecule has 1 aromatic carbocycles. The lowest BCUT2D eigenvalue weighted by atomic mass is 10.2. The molecule has 1 aromatic rings. The summed E-state index contributed by atoms with van der Waals surface area (Å²) in [5, 5.41) is 2.85. The number of hydrogen-bond acceptors (Lipinski definition) is 5. The molecule has 6 heteroatoms. The van der Waals surface area contributed by atoms with Gasteiger partial charge in [-0.15, -0.1) is 0 Å². The molecule has 0 aliphatic heterocycles. The zero-order chi connectivity index (χ0) is 15.9. The third-order valence-corrected chi connectivity index (χ3v) is 5.35. The van der Waals surface area contributed by atoms with Crippen molar-refractivity contribution >= 4 is 9.84 Å². The second-order valence-electron chi connectivity index (χ2n) is 5.02. The van der Waals surface area contributed by atoms with Crippen LogP contribution in [0.5, 0.6) is 11.5 Å². The highest BCUT2D eigenvalue weighted by Gasteiger charge is 2.16. The van der Waals surface area contributed by atoms with Crippen LogP contribution in [0, 0.1) is 0 Å². The fourth-order valence-corrected chi connectivity index (χ4v) is 2.51. The Bertz CT molecular complexity index is 541. The van der Waals surface area contributed by atoms with Crippen molar-refractivity contribution in [3.63, 3.8) is 0 Å². The van der Waals surface area contributed by atoms with Gasteiger partial charge in [0.25, 0.3) is 0 Å². The molecule has 21 heavy (non-hydrogen) atoms. The lowest BCUT2D eigenvalue weighted by molar-refractivity contribution is 0.334. The van der Waals surface area contributed by atoms with Crippen LogP contribution in [0.4, 0.5) is 0 Å². The summed E-state index contributed by atoms with van der Waals surface area (Å²) in [6.07, 6.45) is 0. The number of rotatable bonds is 9. The lowest BCUT2D eigenvalue weighted by Crippen LogP contribution is -2.22. The Labute approximate surface area is 127 Å². The minimum atomic E-state index is -3.08. The van der Waals surface area contributed by atoms with Crippen LogP contribution in [0.25, 0.3) is 0 Å². The minimum Gasteiger partial charge on any atom is -0.497 e. The third kappa shape index (κ3) is 5.55. The molecule has 0 amide bonds. The first-order valence-electron chi connectivity index (χ1n) is 7.12. The molecule has 1 rings (SSSR count). The van der Waals surface area contributed by atoms with E-state index in [1.54, 1.807) is 21.0 Å². The molecule has 0 aromatic heterocycles. The van der Waals surface area contributed by atoms with Gasteiger partial charge in [0, 0.05) is 12.1 Å². The number of sulfone groups is 1. The van der Waals surface area contributed by atoms with E-state index < -0.39 is 9.84 Å². The van der Waals surface area contributed by atoms with Crippen LogP contribution in [0.15, 0.2) is 18.2 Å². The quantitative estimate of drug-likeness (QED) is 0.755. The van der Waals surface area contributed by atoms with Crippen molar-refractivity contribution in [2.45, 2.75) is 32.6 Å². The topological polar surface area (TPSA) is 64.6 Å². The van der Waals surface area contributed by atoms with Crippen molar-refractivity contribution in [3.8, 4) is 11.5 Å². The lowest BCUT2D eigenvalue weighted by Gasteiger charge is -2.14. The summed E-state index contributed by atoms with van der Waals surface area (Å²) in [5.74, 6) is 1.47. The highest BCUT2D eigenvalue weighted by atomic mass is 32.2. The molecular weight excluding hydrogens is 290 g/mol. The molecule has 1 N–H and O–H groups in total. The maximum absolute atomic E-state index is 11.8. The van der Waals surface area contributed by atoms with Crippen LogP contribution in [0.2, 0.25) is 0 Å². The molecule has 0 heterocycles. The molecule has 0 saturated carbocycles. The van der Waals surface area contributed by atoms with E-state index in [0.29, 0.717) is 12.3 Å². The van der Waals surface area contributed by atoms with Crippen molar-refractivity contribution in [2.75, 3.05) is 26.0 Å². The van der Waals surface area contributed by atoms with Crippen LogP contribution in [-0.2, 0) is 16.4 Å².